The second-order valence-electron chi connectivity index (χ2n) is 10.6. The summed E-state index contributed by atoms with van der Waals surface area (Å²) in [5.41, 5.74) is 11.4. The van der Waals surface area contributed by atoms with Crippen LogP contribution in [-0.2, 0) is 0 Å². The van der Waals surface area contributed by atoms with Crippen molar-refractivity contribution < 1.29 is 0 Å². The zero-order valence-electron chi connectivity index (χ0n) is 22.5. The van der Waals surface area contributed by atoms with Crippen molar-refractivity contribution >= 4 is 38.2 Å². The molecule has 5 heteroatoms. The lowest BCUT2D eigenvalue weighted by Crippen LogP contribution is -1.97. The summed E-state index contributed by atoms with van der Waals surface area (Å²) in [6.45, 7) is 0. The van der Waals surface area contributed by atoms with E-state index in [9.17, 15) is 0 Å². The predicted molar refractivity (Wildman–Crippen MR) is 170 cm³/mol. The first-order chi connectivity index (χ1) is 20.9. The molecular formula is C37H23N5. The van der Waals surface area contributed by atoms with E-state index in [0.717, 1.165) is 22.3 Å². The third-order valence-electron chi connectivity index (χ3n) is 8.28. The zero-order valence-corrected chi connectivity index (χ0v) is 22.5. The van der Waals surface area contributed by atoms with E-state index in [1.165, 1.54) is 49.6 Å². The van der Waals surface area contributed by atoms with Crippen LogP contribution in [0.25, 0.3) is 77.7 Å². The summed E-state index contributed by atoms with van der Waals surface area (Å²) in [6.07, 6.45) is 7.37. The molecule has 4 aromatic carbocycles. The summed E-state index contributed by atoms with van der Waals surface area (Å²) in [5, 5.41) is 3.72. The van der Waals surface area contributed by atoms with Crippen molar-refractivity contribution in [2.24, 2.45) is 0 Å². The summed E-state index contributed by atoms with van der Waals surface area (Å²) in [6, 6.07) is 40.9. The standard InChI is InChI=1S/C37H23N5/c1-3-9-24(10-4-1)29-21-33-28-13-7-14-30-34(28)35-31(15-8-16-32(35)42(33)36(29)25-11-5-2-6-12-25)41(30)27-22-39-37(40-23-27)26-17-19-38-20-18-26/h1-23H. The highest BCUT2D eigenvalue weighted by molar-refractivity contribution is 6.27. The van der Waals surface area contributed by atoms with Gasteiger partial charge in [-0.1, -0.05) is 78.9 Å². The van der Waals surface area contributed by atoms with Crippen LogP contribution in [-0.4, -0.2) is 23.9 Å². The molecular weight excluding hydrogens is 514 g/mol. The topological polar surface area (TPSA) is 48.0 Å². The van der Waals surface area contributed by atoms with E-state index in [1.54, 1.807) is 12.4 Å². The molecule has 0 fully saturated rings. The molecule has 42 heavy (non-hydrogen) atoms. The molecule has 9 aromatic rings. The number of rotatable bonds is 4. The van der Waals surface area contributed by atoms with E-state index < -0.39 is 0 Å². The molecule has 0 spiro atoms. The minimum absolute atomic E-state index is 0.685. The van der Waals surface area contributed by atoms with Gasteiger partial charge in [0, 0.05) is 39.7 Å². The lowest BCUT2D eigenvalue weighted by molar-refractivity contribution is 1.08. The molecule has 0 aliphatic carbocycles. The van der Waals surface area contributed by atoms with Gasteiger partial charge in [0.05, 0.1) is 45.8 Å². The molecule has 196 valence electrons. The molecule has 5 nitrogen and oxygen atoms in total. The van der Waals surface area contributed by atoms with E-state index in [1.807, 2.05) is 24.5 Å². The molecule has 0 bridgehead atoms. The van der Waals surface area contributed by atoms with E-state index >= 15 is 0 Å². The van der Waals surface area contributed by atoms with E-state index in [0.29, 0.717) is 5.82 Å². The van der Waals surface area contributed by atoms with Gasteiger partial charge in [0.1, 0.15) is 0 Å². The molecule has 0 amide bonds. The van der Waals surface area contributed by atoms with Gasteiger partial charge in [-0.15, -0.1) is 0 Å². The second kappa shape index (κ2) is 8.85. The number of pyridine rings is 2. The first-order valence-corrected chi connectivity index (χ1v) is 14.0. The SMILES string of the molecule is c1ccc(-c2cc3c4cccc5c4c4c(cccc4n3c2-c2ccccc2)n5-c2cnc(-c3ccncc3)nc2)cc1. The van der Waals surface area contributed by atoms with Gasteiger partial charge >= 0.3 is 0 Å². The van der Waals surface area contributed by atoms with Crippen LogP contribution in [0.3, 0.4) is 0 Å². The fourth-order valence-electron chi connectivity index (χ4n) is 6.53. The van der Waals surface area contributed by atoms with Crippen molar-refractivity contribution in [1.82, 2.24) is 23.9 Å². The summed E-state index contributed by atoms with van der Waals surface area (Å²) in [5.74, 6) is 0.685. The highest BCUT2D eigenvalue weighted by Gasteiger charge is 2.24. The summed E-state index contributed by atoms with van der Waals surface area (Å²) < 4.78 is 4.75. The Kier molecular flexibility index (Phi) is 4.83. The average Bonchev–Trinajstić information content (AvgIpc) is 3.64. The Morgan fingerprint density at radius 3 is 1.88 bits per heavy atom. The van der Waals surface area contributed by atoms with Gasteiger partial charge in [-0.05, 0) is 47.5 Å². The molecule has 0 saturated carbocycles. The average molecular weight is 538 g/mol. The monoisotopic (exact) mass is 537 g/mol. The highest BCUT2D eigenvalue weighted by Crippen LogP contribution is 2.45. The third-order valence-corrected chi connectivity index (χ3v) is 8.28. The quantitative estimate of drug-likeness (QED) is 0.211. The van der Waals surface area contributed by atoms with Crippen LogP contribution >= 0.6 is 0 Å². The molecule has 0 unspecified atom stereocenters. The summed E-state index contributed by atoms with van der Waals surface area (Å²) in [7, 11) is 0. The van der Waals surface area contributed by atoms with Crippen molar-refractivity contribution in [3.8, 4) is 39.5 Å². The van der Waals surface area contributed by atoms with Gasteiger partial charge < -0.3 is 8.97 Å². The van der Waals surface area contributed by atoms with Crippen LogP contribution in [0, 0.1) is 0 Å². The number of hydrogen-bond acceptors (Lipinski definition) is 3. The second-order valence-corrected chi connectivity index (χ2v) is 10.6. The van der Waals surface area contributed by atoms with Crippen molar-refractivity contribution in [3.05, 3.63) is 140 Å². The molecule has 0 radical (unpaired) electrons. The predicted octanol–water partition coefficient (Wildman–Crippen LogP) is 8.81. The maximum absolute atomic E-state index is 4.74. The Bertz CT molecular complexity index is 2370. The fraction of sp³-hybridized carbons (Fsp3) is 0. The molecule has 0 atom stereocenters. The molecule has 0 aliphatic rings. The number of benzene rings is 4. The van der Waals surface area contributed by atoms with Gasteiger partial charge in [-0.25, -0.2) is 9.97 Å². The zero-order chi connectivity index (χ0) is 27.6. The van der Waals surface area contributed by atoms with Crippen LogP contribution in [0.5, 0.6) is 0 Å². The molecule has 5 heterocycles. The summed E-state index contributed by atoms with van der Waals surface area (Å²) in [4.78, 5) is 13.6. The van der Waals surface area contributed by atoms with Gasteiger partial charge in [0.25, 0.3) is 0 Å². The van der Waals surface area contributed by atoms with Crippen LogP contribution in [0.1, 0.15) is 0 Å². The number of aromatic nitrogens is 5. The van der Waals surface area contributed by atoms with E-state index in [4.69, 9.17) is 9.97 Å². The Morgan fingerprint density at radius 1 is 0.500 bits per heavy atom. The van der Waals surface area contributed by atoms with Gasteiger partial charge in [-0.2, -0.15) is 0 Å². The maximum Gasteiger partial charge on any atom is 0.159 e. The van der Waals surface area contributed by atoms with Gasteiger partial charge in [0.15, 0.2) is 5.82 Å². The third kappa shape index (κ3) is 3.22. The van der Waals surface area contributed by atoms with Crippen molar-refractivity contribution in [1.29, 1.82) is 0 Å². The van der Waals surface area contributed by atoms with E-state index in [-0.39, 0.29) is 0 Å². The van der Waals surface area contributed by atoms with Crippen molar-refractivity contribution in [3.63, 3.8) is 0 Å². The Morgan fingerprint density at radius 2 is 1.14 bits per heavy atom. The van der Waals surface area contributed by atoms with Gasteiger partial charge in [0.2, 0.25) is 0 Å². The largest absolute Gasteiger partial charge is 0.308 e. The molecule has 0 aliphatic heterocycles. The maximum atomic E-state index is 4.74. The number of fused-ring (bicyclic) bond motifs is 3. The first-order valence-electron chi connectivity index (χ1n) is 14.0. The fourth-order valence-corrected chi connectivity index (χ4v) is 6.53. The van der Waals surface area contributed by atoms with Crippen LogP contribution < -0.4 is 0 Å². The van der Waals surface area contributed by atoms with Crippen LogP contribution in [0.15, 0.2) is 140 Å². The molecule has 0 N–H and O–H groups in total. The smallest absolute Gasteiger partial charge is 0.159 e. The van der Waals surface area contributed by atoms with Crippen molar-refractivity contribution in [2.75, 3.05) is 0 Å². The molecule has 5 aromatic heterocycles. The lowest BCUT2D eigenvalue weighted by Gasteiger charge is -2.12. The summed E-state index contributed by atoms with van der Waals surface area (Å²) >= 11 is 0. The van der Waals surface area contributed by atoms with Crippen LogP contribution in [0.2, 0.25) is 0 Å². The van der Waals surface area contributed by atoms with Crippen LogP contribution in [0.4, 0.5) is 0 Å². The minimum atomic E-state index is 0.685. The minimum Gasteiger partial charge on any atom is -0.308 e. The molecule has 9 rings (SSSR count). The van der Waals surface area contributed by atoms with Crippen molar-refractivity contribution in [2.45, 2.75) is 0 Å². The number of hydrogen-bond donors (Lipinski definition) is 0. The normalized spacial score (nSPS) is 11.8. The van der Waals surface area contributed by atoms with Gasteiger partial charge in [-0.3, -0.25) is 4.98 Å². The molecule has 0 saturated heterocycles. The Hall–Kier alpha value is -5.81. The lowest BCUT2D eigenvalue weighted by atomic mass is 10.0. The Labute approximate surface area is 241 Å². The van der Waals surface area contributed by atoms with E-state index in [2.05, 4.69) is 117 Å². The number of nitrogens with zero attached hydrogens (tertiary/aromatic N) is 5. The first kappa shape index (κ1) is 22.9. The Balaban J connectivity index is 1.39. The highest BCUT2D eigenvalue weighted by atomic mass is 15.0.